The number of hydrogen-bond donors (Lipinski definition) is 0. The minimum absolute atomic E-state index is 0.353. The van der Waals surface area contributed by atoms with E-state index in [2.05, 4.69) is 34.0 Å². The Morgan fingerprint density at radius 3 is 2.92 bits per heavy atom. The Morgan fingerprint density at radius 2 is 2.17 bits per heavy atom. The third kappa shape index (κ3) is 0.939. The maximum Gasteiger partial charge on any atom is 0.257 e. The highest BCUT2D eigenvalue weighted by atomic mass is 15.3. The quantitative estimate of drug-likeness (QED) is 0.619. The van der Waals surface area contributed by atoms with Crippen LogP contribution in [0.1, 0.15) is 25.6 Å². The molecule has 5 nitrogen and oxygen atoms in total. The normalized spacial score (nSPS) is 11.2. The summed E-state index contributed by atoms with van der Waals surface area (Å²) in [5.74, 6) is 1.89. The van der Waals surface area contributed by atoms with Gasteiger partial charge in [-0.3, -0.25) is 4.40 Å². The molecular weight excluding hydrogens is 154 g/mol. The Morgan fingerprint density at radius 1 is 1.33 bits per heavy atom. The van der Waals surface area contributed by atoms with Crippen LogP contribution in [0, 0.1) is 0 Å². The summed E-state index contributed by atoms with van der Waals surface area (Å²) >= 11 is 0. The molecule has 2 aromatic rings. The molecule has 0 aromatic carbocycles. The molecule has 0 saturated carbocycles. The standard InChI is InChI=1S/C7H9N5/c1-5(2)6-8-3-9-7-11-10-4-12(6)7/h3-5H,1-2H3. The lowest BCUT2D eigenvalue weighted by molar-refractivity contribution is 0.739. The molecule has 0 N–H and O–H groups in total. The summed E-state index contributed by atoms with van der Waals surface area (Å²) in [6.07, 6.45) is 3.14. The van der Waals surface area contributed by atoms with Crippen LogP contribution in [0.2, 0.25) is 0 Å². The highest BCUT2D eigenvalue weighted by molar-refractivity contribution is 5.24. The van der Waals surface area contributed by atoms with Crippen LogP contribution in [-0.4, -0.2) is 24.6 Å². The topological polar surface area (TPSA) is 56.0 Å². The first-order valence-electron chi connectivity index (χ1n) is 3.79. The molecule has 0 unspecified atom stereocenters. The molecule has 0 saturated heterocycles. The minimum atomic E-state index is 0.353. The monoisotopic (exact) mass is 163 g/mol. The van der Waals surface area contributed by atoms with Gasteiger partial charge in [0, 0.05) is 5.92 Å². The molecule has 5 heteroatoms. The van der Waals surface area contributed by atoms with Gasteiger partial charge in [0.15, 0.2) is 0 Å². The molecular formula is C7H9N5. The van der Waals surface area contributed by atoms with Crippen LogP contribution in [0.25, 0.3) is 5.78 Å². The molecule has 2 aromatic heterocycles. The highest BCUT2D eigenvalue weighted by Crippen LogP contribution is 2.09. The van der Waals surface area contributed by atoms with Crippen molar-refractivity contribution >= 4 is 5.78 Å². The van der Waals surface area contributed by atoms with Gasteiger partial charge in [-0.15, -0.1) is 10.2 Å². The fraction of sp³-hybridized carbons (Fsp3) is 0.429. The van der Waals surface area contributed by atoms with Crippen LogP contribution >= 0.6 is 0 Å². The fourth-order valence-corrected chi connectivity index (χ4v) is 1.11. The van der Waals surface area contributed by atoms with Crippen molar-refractivity contribution in [2.45, 2.75) is 19.8 Å². The first kappa shape index (κ1) is 7.15. The van der Waals surface area contributed by atoms with E-state index in [1.165, 1.54) is 6.33 Å². The van der Waals surface area contributed by atoms with Crippen molar-refractivity contribution in [3.05, 3.63) is 18.5 Å². The smallest absolute Gasteiger partial charge is 0.253 e. The second kappa shape index (κ2) is 2.51. The van der Waals surface area contributed by atoms with Crippen LogP contribution in [0.4, 0.5) is 0 Å². The van der Waals surface area contributed by atoms with Gasteiger partial charge in [0.25, 0.3) is 5.78 Å². The summed E-state index contributed by atoms with van der Waals surface area (Å²) in [5.41, 5.74) is 0. The zero-order chi connectivity index (χ0) is 8.55. The van der Waals surface area contributed by atoms with Crippen molar-refractivity contribution in [3.8, 4) is 0 Å². The van der Waals surface area contributed by atoms with Gasteiger partial charge in [-0.2, -0.15) is 4.98 Å². The van der Waals surface area contributed by atoms with Gasteiger partial charge >= 0.3 is 0 Å². The van der Waals surface area contributed by atoms with E-state index in [0.717, 1.165) is 5.82 Å². The molecule has 0 aliphatic heterocycles. The Hall–Kier alpha value is -1.52. The Bertz CT molecular complexity index is 391. The van der Waals surface area contributed by atoms with E-state index < -0.39 is 0 Å². The van der Waals surface area contributed by atoms with Gasteiger partial charge in [-0.25, -0.2) is 4.98 Å². The molecule has 62 valence electrons. The fourth-order valence-electron chi connectivity index (χ4n) is 1.11. The first-order chi connectivity index (χ1) is 5.79. The molecule has 0 fully saturated rings. The lowest BCUT2D eigenvalue weighted by Crippen LogP contribution is -2.02. The molecule has 12 heavy (non-hydrogen) atoms. The van der Waals surface area contributed by atoms with Crippen LogP contribution in [-0.2, 0) is 0 Å². The van der Waals surface area contributed by atoms with E-state index in [-0.39, 0.29) is 0 Å². The van der Waals surface area contributed by atoms with Crippen molar-refractivity contribution in [1.82, 2.24) is 24.6 Å². The second-order valence-corrected chi connectivity index (χ2v) is 2.89. The predicted molar refractivity (Wildman–Crippen MR) is 42.7 cm³/mol. The molecule has 0 spiro atoms. The number of aromatic nitrogens is 5. The molecule has 0 atom stereocenters. The number of nitrogens with zero attached hydrogens (tertiary/aromatic N) is 5. The maximum absolute atomic E-state index is 4.15. The maximum atomic E-state index is 4.15. The molecule has 0 amide bonds. The Labute approximate surface area is 69.5 Å². The molecule has 0 aliphatic carbocycles. The zero-order valence-electron chi connectivity index (χ0n) is 6.97. The molecule has 0 radical (unpaired) electrons. The average Bonchev–Trinajstić information content (AvgIpc) is 2.49. The first-order valence-corrected chi connectivity index (χ1v) is 3.79. The van der Waals surface area contributed by atoms with E-state index in [1.54, 1.807) is 10.7 Å². The lowest BCUT2D eigenvalue weighted by Gasteiger charge is -2.04. The summed E-state index contributed by atoms with van der Waals surface area (Å²) < 4.78 is 1.80. The molecule has 2 heterocycles. The summed E-state index contributed by atoms with van der Waals surface area (Å²) in [7, 11) is 0. The molecule has 2 rings (SSSR count). The van der Waals surface area contributed by atoms with E-state index in [0.29, 0.717) is 11.7 Å². The van der Waals surface area contributed by atoms with Crippen LogP contribution in [0.15, 0.2) is 12.7 Å². The Balaban J connectivity index is 2.73. The SMILES string of the molecule is CC(C)c1ncnc2nncn12. The predicted octanol–water partition coefficient (Wildman–Crippen LogP) is 0.643. The zero-order valence-corrected chi connectivity index (χ0v) is 6.97. The Kier molecular flexibility index (Phi) is 1.49. The summed E-state index contributed by atoms with van der Waals surface area (Å²) in [6, 6.07) is 0. The lowest BCUT2D eigenvalue weighted by atomic mass is 10.2. The number of hydrogen-bond acceptors (Lipinski definition) is 4. The van der Waals surface area contributed by atoms with E-state index >= 15 is 0 Å². The van der Waals surface area contributed by atoms with E-state index in [9.17, 15) is 0 Å². The van der Waals surface area contributed by atoms with Gasteiger partial charge in [0.1, 0.15) is 18.5 Å². The number of fused-ring (bicyclic) bond motifs is 1. The van der Waals surface area contributed by atoms with E-state index in [1.807, 2.05) is 0 Å². The van der Waals surface area contributed by atoms with Crippen LogP contribution in [0.5, 0.6) is 0 Å². The average molecular weight is 163 g/mol. The van der Waals surface area contributed by atoms with Crippen molar-refractivity contribution < 1.29 is 0 Å². The second-order valence-electron chi connectivity index (χ2n) is 2.89. The minimum Gasteiger partial charge on any atom is -0.253 e. The summed E-state index contributed by atoms with van der Waals surface area (Å²) in [6.45, 7) is 4.14. The van der Waals surface area contributed by atoms with Crippen molar-refractivity contribution in [2.75, 3.05) is 0 Å². The van der Waals surface area contributed by atoms with Crippen molar-refractivity contribution in [3.63, 3.8) is 0 Å². The summed E-state index contributed by atoms with van der Waals surface area (Å²) in [5, 5.41) is 7.58. The van der Waals surface area contributed by atoms with Gasteiger partial charge in [0.05, 0.1) is 0 Å². The van der Waals surface area contributed by atoms with Gasteiger partial charge in [-0.05, 0) is 0 Å². The molecule has 0 bridgehead atoms. The largest absolute Gasteiger partial charge is 0.257 e. The summed E-state index contributed by atoms with van der Waals surface area (Å²) in [4.78, 5) is 8.11. The van der Waals surface area contributed by atoms with Crippen molar-refractivity contribution in [1.29, 1.82) is 0 Å². The van der Waals surface area contributed by atoms with Crippen LogP contribution < -0.4 is 0 Å². The third-order valence-electron chi connectivity index (χ3n) is 1.66. The van der Waals surface area contributed by atoms with E-state index in [4.69, 9.17) is 0 Å². The highest BCUT2D eigenvalue weighted by Gasteiger charge is 2.06. The van der Waals surface area contributed by atoms with Gasteiger partial charge in [-0.1, -0.05) is 13.8 Å². The number of rotatable bonds is 1. The van der Waals surface area contributed by atoms with Crippen molar-refractivity contribution in [2.24, 2.45) is 0 Å². The third-order valence-corrected chi connectivity index (χ3v) is 1.66. The van der Waals surface area contributed by atoms with Gasteiger partial charge in [0.2, 0.25) is 0 Å². The molecule has 0 aliphatic rings. The van der Waals surface area contributed by atoms with Gasteiger partial charge < -0.3 is 0 Å². The van der Waals surface area contributed by atoms with Crippen LogP contribution in [0.3, 0.4) is 0 Å².